The Bertz CT molecular complexity index is 624. The molecule has 0 radical (unpaired) electrons. The Morgan fingerprint density at radius 2 is 1.92 bits per heavy atom. The van der Waals surface area contributed by atoms with E-state index >= 15 is 0 Å². The summed E-state index contributed by atoms with van der Waals surface area (Å²) in [5.41, 5.74) is -0.261. The molecule has 4 rings (SSSR count). The van der Waals surface area contributed by atoms with Gasteiger partial charge in [-0.15, -0.1) is 0 Å². The lowest BCUT2D eigenvalue weighted by molar-refractivity contribution is -0.151. The number of rotatable bonds is 5. The van der Waals surface area contributed by atoms with Gasteiger partial charge in [-0.1, -0.05) is 11.6 Å². The Kier molecular flexibility index (Phi) is 5.50. The van der Waals surface area contributed by atoms with Gasteiger partial charge in [0.05, 0.1) is 36.4 Å². The van der Waals surface area contributed by atoms with Crippen LogP contribution in [0.25, 0.3) is 0 Å². The molecule has 1 unspecified atom stereocenters. The molecule has 0 amide bonds. The number of hydrogen-bond acceptors (Lipinski definition) is 6. The highest BCUT2D eigenvalue weighted by Crippen LogP contribution is 2.43. The molecule has 8 heteroatoms. The van der Waals surface area contributed by atoms with E-state index in [2.05, 4.69) is 14.9 Å². The number of carbonyl (C=O) groups is 1. The number of halogens is 1. The maximum atomic E-state index is 12.6. The molecule has 0 bridgehead atoms. The molecule has 7 nitrogen and oxygen atoms in total. The lowest BCUT2D eigenvalue weighted by atomic mass is 9.76. The second kappa shape index (κ2) is 7.84. The average molecular weight is 383 g/mol. The minimum absolute atomic E-state index is 0.0225. The van der Waals surface area contributed by atoms with Crippen molar-refractivity contribution in [3.05, 3.63) is 17.4 Å². The summed E-state index contributed by atoms with van der Waals surface area (Å²) < 4.78 is 13.0. The van der Waals surface area contributed by atoms with Crippen LogP contribution in [0.1, 0.15) is 19.3 Å². The van der Waals surface area contributed by atoms with E-state index in [-0.39, 0.29) is 17.5 Å². The van der Waals surface area contributed by atoms with Gasteiger partial charge in [-0.05, 0) is 25.9 Å². The van der Waals surface area contributed by atoms with Crippen molar-refractivity contribution >= 4 is 17.6 Å². The quantitative estimate of drug-likeness (QED) is 0.715. The maximum Gasteiger partial charge on any atom is 0.312 e. The van der Waals surface area contributed by atoms with E-state index in [1.54, 1.807) is 6.20 Å². The number of aromatic nitrogens is 2. The molecule has 0 aromatic carbocycles. The molecule has 0 N–H and O–H groups in total. The predicted molar refractivity (Wildman–Crippen MR) is 97.1 cm³/mol. The number of nitrogens with zero attached hydrogens (tertiary/aromatic N) is 4. The van der Waals surface area contributed by atoms with Gasteiger partial charge >= 0.3 is 5.97 Å². The molecule has 144 valence electrons. The van der Waals surface area contributed by atoms with Crippen molar-refractivity contribution in [1.29, 1.82) is 0 Å². The third-order valence-corrected chi connectivity index (χ3v) is 6.15. The van der Waals surface area contributed by atoms with Gasteiger partial charge in [0, 0.05) is 38.8 Å². The molecule has 0 aliphatic carbocycles. The highest BCUT2D eigenvalue weighted by Gasteiger charge is 2.50. The summed E-state index contributed by atoms with van der Waals surface area (Å²) in [6.45, 7) is 7.91. The zero-order valence-corrected chi connectivity index (χ0v) is 15.9. The SMILES string of the molecule is O=C1OC(CN2CCOCC2)CC12CCN(CCn1cc(Cl)cn1)CC2. The van der Waals surface area contributed by atoms with Crippen LogP contribution in [0.3, 0.4) is 0 Å². The van der Waals surface area contributed by atoms with Gasteiger partial charge in [0.25, 0.3) is 0 Å². The van der Waals surface area contributed by atoms with Crippen molar-refractivity contribution in [3.63, 3.8) is 0 Å². The monoisotopic (exact) mass is 382 g/mol. The van der Waals surface area contributed by atoms with E-state index in [1.165, 1.54) is 0 Å². The standard InChI is InChI=1S/C18H27ClN4O3/c19-15-12-20-23(13-15)6-5-21-3-1-18(2-4-21)11-16(26-17(18)24)14-22-7-9-25-10-8-22/h12-13,16H,1-11,14H2. The lowest BCUT2D eigenvalue weighted by Crippen LogP contribution is -2.44. The number of likely N-dealkylation sites (tertiary alicyclic amines) is 1. The van der Waals surface area contributed by atoms with Crippen molar-refractivity contribution in [2.24, 2.45) is 5.41 Å². The van der Waals surface area contributed by atoms with Crippen LogP contribution in [0.5, 0.6) is 0 Å². The predicted octanol–water partition coefficient (Wildman–Crippen LogP) is 1.27. The van der Waals surface area contributed by atoms with E-state index in [0.717, 1.165) is 78.3 Å². The Balaban J connectivity index is 1.25. The highest BCUT2D eigenvalue weighted by molar-refractivity contribution is 6.30. The van der Waals surface area contributed by atoms with E-state index in [4.69, 9.17) is 21.1 Å². The van der Waals surface area contributed by atoms with Crippen LogP contribution in [-0.2, 0) is 20.8 Å². The van der Waals surface area contributed by atoms with Crippen LogP contribution in [-0.4, -0.2) is 84.1 Å². The summed E-state index contributed by atoms with van der Waals surface area (Å²) in [6, 6.07) is 0. The molecule has 4 heterocycles. The van der Waals surface area contributed by atoms with Crippen LogP contribution in [0.15, 0.2) is 12.4 Å². The second-order valence-corrected chi connectivity index (χ2v) is 8.12. The normalized spacial score (nSPS) is 27.1. The van der Waals surface area contributed by atoms with Crippen LogP contribution in [0, 0.1) is 5.41 Å². The summed E-state index contributed by atoms with van der Waals surface area (Å²) in [5.74, 6) is 0.0225. The molecule has 3 saturated heterocycles. The van der Waals surface area contributed by atoms with Crippen molar-refractivity contribution in [1.82, 2.24) is 19.6 Å². The molecule has 26 heavy (non-hydrogen) atoms. The van der Waals surface area contributed by atoms with E-state index in [1.807, 2.05) is 10.9 Å². The third kappa shape index (κ3) is 4.06. The number of esters is 1. The van der Waals surface area contributed by atoms with Gasteiger partial charge in [0.2, 0.25) is 0 Å². The zero-order chi connectivity index (χ0) is 18.0. The fourth-order valence-electron chi connectivity index (χ4n) is 4.33. The number of hydrogen-bond donors (Lipinski definition) is 0. The summed E-state index contributed by atoms with van der Waals surface area (Å²) in [6.07, 6.45) is 6.20. The fraction of sp³-hybridized carbons (Fsp3) is 0.778. The molecule has 1 aromatic heterocycles. The average Bonchev–Trinajstić information content (AvgIpc) is 3.19. The molecule has 3 aliphatic rings. The van der Waals surface area contributed by atoms with Gasteiger partial charge < -0.3 is 14.4 Å². The summed E-state index contributed by atoms with van der Waals surface area (Å²) >= 11 is 5.90. The van der Waals surface area contributed by atoms with Crippen LogP contribution < -0.4 is 0 Å². The Hall–Kier alpha value is -1.15. The first-order valence-electron chi connectivity index (χ1n) is 9.54. The lowest BCUT2D eigenvalue weighted by Gasteiger charge is -2.36. The van der Waals surface area contributed by atoms with Crippen LogP contribution in [0.2, 0.25) is 5.02 Å². The Labute approximate surface area is 159 Å². The van der Waals surface area contributed by atoms with E-state index < -0.39 is 0 Å². The van der Waals surface area contributed by atoms with Crippen molar-refractivity contribution in [2.45, 2.75) is 31.9 Å². The molecule has 1 spiro atoms. The first-order chi connectivity index (χ1) is 12.6. The Morgan fingerprint density at radius 1 is 1.15 bits per heavy atom. The second-order valence-electron chi connectivity index (χ2n) is 7.69. The third-order valence-electron chi connectivity index (χ3n) is 5.95. The molecule has 1 atom stereocenters. The first-order valence-corrected chi connectivity index (χ1v) is 9.92. The van der Waals surface area contributed by atoms with Gasteiger partial charge in [-0.25, -0.2) is 0 Å². The Morgan fingerprint density at radius 3 is 2.62 bits per heavy atom. The molecular weight excluding hydrogens is 356 g/mol. The maximum absolute atomic E-state index is 12.6. The van der Waals surface area contributed by atoms with Crippen molar-refractivity contribution in [3.8, 4) is 0 Å². The number of ether oxygens (including phenoxy) is 2. The number of carbonyl (C=O) groups excluding carboxylic acids is 1. The number of cyclic esters (lactones) is 1. The largest absolute Gasteiger partial charge is 0.461 e. The van der Waals surface area contributed by atoms with Crippen molar-refractivity contribution < 1.29 is 14.3 Å². The number of morpholine rings is 1. The first kappa shape index (κ1) is 18.2. The summed E-state index contributed by atoms with van der Waals surface area (Å²) in [7, 11) is 0. The van der Waals surface area contributed by atoms with Crippen LogP contribution >= 0.6 is 11.6 Å². The van der Waals surface area contributed by atoms with Crippen LogP contribution in [0.4, 0.5) is 0 Å². The van der Waals surface area contributed by atoms with Gasteiger partial charge in [0.1, 0.15) is 6.10 Å². The summed E-state index contributed by atoms with van der Waals surface area (Å²) in [4.78, 5) is 17.3. The molecule has 3 aliphatic heterocycles. The minimum Gasteiger partial charge on any atom is -0.461 e. The van der Waals surface area contributed by atoms with Gasteiger partial charge in [0.15, 0.2) is 0 Å². The zero-order valence-electron chi connectivity index (χ0n) is 15.1. The molecule has 1 aromatic rings. The minimum atomic E-state index is -0.261. The van der Waals surface area contributed by atoms with E-state index in [9.17, 15) is 4.79 Å². The van der Waals surface area contributed by atoms with Gasteiger partial charge in [-0.2, -0.15) is 5.10 Å². The summed E-state index contributed by atoms with van der Waals surface area (Å²) in [5, 5.41) is 4.89. The molecular formula is C18H27ClN4O3. The van der Waals surface area contributed by atoms with Crippen molar-refractivity contribution in [2.75, 3.05) is 52.5 Å². The number of piperidine rings is 1. The fourth-order valence-corrected chi connectivity index (χ4v) is 4.48. The van der Waals surface area contributed by atoms with Gasteiger partial charge in [-0.3, -0.25) is 14.4 Å². The smallest absolute Gasteiger partial charge is 0.312 e. The molecule has 0 saturated carbocycles. The van der Waals surface area contributed by atoms with E-state index in [0.29, 0.717) is 5.02 Å². The molecule has 3 fully saturated rings. The highest BCUT2D eigenvalue weighted by atomic mass is 35.5. The topological polar surface area (TPSA) is 59.8 Å².